The van der Waals surface area contributed by atoms with Crippen molar-refractivity contribution in [2.24, 2.45) is 11.1 Å². The van der Waals surface area contributed by atoms with E-state index in [2.05, 4.69) is 26.1 Å². The highest BCUT2D eigenvalue weighted by Gasteiger charge is 2.27. The van der Waals surface area contributed by atoms with Gasteiger partial charge in [-0.25, -0.2) is 0 Å². The molecule has 19 heavy (non-hydrogen) atoms. The van der Waals surface area contributed by atoms with Gasteiger partial charge >= 0.3 is 0 Å². The third kappa shape index (κ3) is 2.73. The van der Waals surface area contributed by atoms with Crippen LogP contribution in [0.5, 0.6) is 5.75 Å². The summed E-state index contributed by atoms with van der Waals surface area (Å²) in [6.07, 6.45) is 0.980. The van der Waals surface area contributed by atoms with Crippen LogP contribution in [0.3, 0.4) is 0 Å². The number of carbonyl (C=O) groups excluding carboxylic acids is 1. The fourth-order valence-corrected chi connectivity index (χ4v) is 2.14. The molecule has 0 saturated carbocycles. The first-order valence-corrected chi connectivity index (χ1v) is 6.76. The quantitative estimate of drug-likeness (QED) is 0.878. The SMILES string of the molecule is CCC(C)(C)C(N)c1ccc2c(c1)C(=O)NCCO2. The van der Waals surface area contributed by atoms with Crippen molar-refractivity contribution in [1.29, 1.82) is 0 Å². The van der Waals surface area contributed by atoms with Crippen molar-refractivity contribution < 1.29 is 9.53 Å². The molecular weight excluding hydrogens is 240 g/mol. The second kappa shape index (κ2) is 5.21. The Hall–Kier alpha value is -1.55. The van der Waals surface area contributed by atoms with Gasteiger partial charge in [0.15, 0.2) is 0 Å². The van der Waals surface area contributed by atoms with Crippen LogP contribution in [-0.4, -0.2) is 19.1 Å². The van der Waals surface area contributed by atoms with Gasteiger partial charge in [0.05, 0.1) is 12.1 Å². The molecule has 4 nitrogen and oxygen atoms in total. The van der Waals surface area contributed by atoms with Gasteiger partial charge in [-0.3, -0.25) is 4.79 Å². The summed E-state index contributed by atoms with van der Waals surface area (Å²) < 4.78 is 5.54. The van der Waals surface area contributed by atoms with Crippen LogP contribution < -0.4 is 15.8 Å². The monoisotopic (exact) mass is 262 g/mol. The molecule has 1 amide bonds. The number of carbonyl (C=O) groups is 1. The second-order valence-electron chi connectivity index (χ2n) is 5.68. The van der Waals surface area contributed by atoms with Gasteiger partial charge in [-0.1, -0.05) is 26.8 Å². The lowest BCUT2D eigenvalue weighted by molar-refractivity contribution is 0.0957. The molecule has 1 aliphatic heterocycles. The molecular formula is C15H22N2O2. The minimum absolute atomic E-state index is 0.00367. The summed E-state index contributed by atoms with van der Waals surface area (Å²) >= 11 is 0. The maximum absolute atomic E-state index is 12.0. The normalized spacial score (nSPS) is 16.9. The first-order valence-electron chi connectivity index (χ1n) is 6.76. The number of hydrogen-bond donors (Lipinski definition) is 2. The van der Waals surface area contributed by atoms with Crippen LogP contribution in [0.15, 0.2) is 18.2 Å². The molecule has 1 aromatic carbocycles. The molecule has 2 rings (SSSR count). The van der Waals surface area contributed by atoms with Crippen LogP contribution in [0, 0.1) is 5.41 Å². The van der Waals surface area contributed by atoms with E-state index in [1.807, 2.05) is 18.2 Å². The summed E-state index contributed by atoms with van der Waals surface area (Å²) in [6, 6.07) is 5.57. The van der Waals surface area contributed by atoms with Crippen molar-refractivity contribution in [3.8, 4) is 5.75 Å². The van der Waals surface area contributed by atoms with E-state index in [4.69, 9.17) is 10.5 Å². The summed E-state index contributed by atoms with van der Waals surface area (Å²) in [7, 11) is 0. The van der Waals surface area contributed by atoms with Gasteiger partial charge in [0.25, 0.3) is 5.91 Å². The number of rotatable bonds is 3. The van der Waals surface area contributed by atoms with Crippen molar-refractivity contribution in [1.82, 2.24) is 5.32 Å². The van der Waals surface area contributed by atoms with Crippen LogP contribution in [-0.2, 0) is 0 Å². The molecule has 0 spiro atoms. The van der Waals surface area contributed by atoms with Gasteiger partial charge in [0.1, 0.15) is 12.4 Å². The van der Waals surface area contributed by atoms with Crippen LogP contribution in [0.1, 0.15) is 49.2 Å². The van der Waals surface area contributed by atoms with Gasteiger partial charge in [-0.15, -0.1) is 0 Å². The highest BCUT2D eigenvalue weighted by Crippen LogP contribution is 2.36. The molecule has 0 bridgehead atoms. The molecule has 1 aliphatic rings. The van der Waals surface area contributed by atoms with E-state index in [-0.39, 0.29) is 17.4 Å². The van der Waals surface area contributed by atoms with Crippen molar-refractivity contribution in [2.45, 2.75) is 33.2 Å². The van der Waals surface area contributed by atoms with Gasteiger partial charge in [-0.2, -0.15) is 0 Å². The Bertz CT molecular complexity index is 483. The van der Waals surface area contributed by atoms with E-state index in [0.29, 0.717) is 24.5 Å². The maximum atomic E-state index is 12.0. The Morgan fingerprint density at radius 3 is 2.89 bits per heavy atom. The highest BCUT2D eigenvalue weighted by atomic mass is 16.5. The average Bonchev–Trinajstić information content (AvgIpc) is 2.59. The number of amides is 1. The number of benzene rings is 1. The summed E-state index contributed by atoms with van der Waals surface area (Å²) in [5, 5.41) is 2.81. The topological polar surface area (TPSA) is 64.4 Å². The Morgan fingerprint density at radius 1 is 1.47 bits per heavy atom. The van der Waals surface area contributed by atoms with Gasteiger partial charge < -0.3 is 15.8 Å². The van der Waals surface area contributed by atoms with E-state index in [1.165, 1.54) is 0 Å². The zero-order chi connectivity index (χ0) is 14.0. The van der Waals surface area contributed by atoms with E-state index in [9.17, 15) is 4.79 Å². The molecule has 104 valence electrons. The number of fused-ring (bicyclic) bond motifs is 1. The van der Waals surface area contributed by atoms with Gasteiger partial charge in [-0.05, 0) is 29.5 Å². The highest BCUT2D eigenvalue weighted by molar-refractivity contribution is 5.97. The smallest absolute Gasteiger partial charge is 0.255 e. The fraction of sp³-hybridized carbons (Fsp3) is 0.533. The zero-order valence-electron chi connectivity index (χ0n) is 11.8. The van der Waals surface area contributed by atoms with E-state index in [0.717, 1.165) is 12.0 Å². The van der Waals surface area contributed by atoms with Crippen LogP contribution in [0.4, 0.5) is 0 Å². The molecule has 1 atom stereocenters. The minimum atomic E-state index is -0.0983. The van der Waals surface area contributed by atoms with Crippen LogP contribution >= 0.6 is 0 Å². The average molecular weight is 262 g/mol. The molecule has 0 saturated heterocycles. The number of nitrogens with one attached hydrogen (secondary N) is 1. The van der Waals surface area contributed by atoms with Crippen molar-refractivity contribution >= 4 is 5.91 Å². The first-order chi connectivity index (χ1) is 8.95. The Balaban J connectivity index is 2.37. The third-order valence-corrected chi connectivity index (χ3v) is 4.01. The van der Waals surface area contributed by atoms with Crippen molar-refractivity contribution in [2.75, 3.05) is 13.2 Å². The van der Waals surface area contributed by atoms with Crippen molar-refractivity contribution in [3.63, 3.8) is 0 Å². The Labute approximate surface area is 114 Å². The van der Waals surface area contributed by atoms with E-state index in [1.54, 1.807) is 0 Å². The second-order valence-corrected chi connectivity index (χ2v) is 5.68. The molecule has 1 aromatic rings. The maximum Gasteiger partial charge on any atom is 0.255 e. The van der Waals surface area contributed by atoms with Gasteiger partial charge in [0, 0.05) is 6.04 Å². The minimum Gasteiger partial charge on any atom is -0.491 e. The molecule has 1 heterocycles. The van der Waals surface area contributed by atoms with Crippen molar-refractivity contribution in [3.05, 3.63) is 29.3 Å². The fourth-order valence-electron chi connectivity index (χ4n) is 2.14. The molecule has 0 fully saturated rings. The Kier molecular flexibility index (Phi) is 3.80. The standard InChI is InChI=1S/C15H22N2O2/c1-4-15(2,3)13(16)10-5-6-12-11(9-10)14(18)17-7-8-19-12/h5-6,9,13H,4,7-8,16H2,1-3H3,(H,17,18). The zero-order valence-corrected chi connectivity index (χ0v) is 11.8. The Morgan fingerprint density at radius 2 is 2.21 bits per heavy atom. The number of ether oxygens (including phenoxy) is 1. The van der Waals surface area contributed by atoms with Crippen LogP contribution in [0.2, 0.25) is 0 Å². The molecule has 0 aliphatic carbocycles. The number of hydrogen-bond acceptors (Lipinski definition) is 3. The lowest BCUT2D eigenvalue weighted by Gasteiger charge is -2.31. The third-order valence-electron chi connectivity index (χ3n) is 4.01. The molecule has 1 unspecified atom stereocenters. The summed E-state index contributed by atoms with van der Waals surface area (Å²) in [4.78, 5) is 12.0. The largest absolute Gasteiger partial charge is 0.491 e. The van der Waals surface area contributed by atoms with E-state index < -0.39 is 0 Å². The first kappa shape index (κ1) is 13.9. The summed E-state index contributed by atoms with van der Waals surface area (Å²) in [6.45, 7) is 7.44. The molecule has 0 aromatic heterocycles. The molecule has 4 heteroatoms. The van der Waals surface area contributed by atoms with E-state index >= 15 is 0 Å². The lowest BCUT2D eigenvalue weighted by atomic mass is 9.78. The molecule has 0 radical (unpaired) electrons. The lowest BCUT2D eigenvalue weighted by Crippen LogP contribution is -2.29. The molecule has 3 N–H and O–H groups in total. The summed E-state index contributed by atoms with van der Waals surface area (Å²) in [5.74, 6) is 0.552. The number of nitrogens with two attached hydrogens (primary N) is 1. The summed E-state index contributed by atoms with van der Waals surface area (Å²) in [5.41, 5.74) is 7.88. The van der Waals surface area contributed by atoms with Crippen LogP contribution in [0.25, 0.3) is 0 Å². The predicted octanol–water partition coefficient (Wildman–Crippen LogP) is 2.24. The van der Waals surface area contributed by atoms with Gasteiger partial charge in [0.2, 0.25) is 0 Å². The predicted molar refractivity (Wildman–Crippen MR) is 75.3 cm³/mol.